The largest absolute Gasteiger partial charge is 0.478 e. The summed E-state index contributed by atoms with van der Waals surface area (Å²) in [5.74, 6) is -1.40. The Balaban J connectivity index is 3.24. The van der Waals surface area contributed by atoms with Gasteiger partial charge in [0, 0.05) is 32.8 Å². The van der Waals surface area contributed by atoms with Crippen LogP contribution in [0.15, 0.2) is 11.6 Å². The standard InChI is InChI=1S/C16H29N2O7P/c1-6-12(7-2)25-14-9-11(16(20)21)8-13(15(14)17-10(3)19)18-26(22,23-4)24-5/h9,12-15H,6-8H2,1-5H3,(H,17,19)(H,18,22)(H,20,21)/t13-,14+,15+/m0/s1. The topological polar surface area (TPSA) is 123 Å². The molecule has 26 heavy (non-hydrogen) atoms. The SMILES string of the molecule is CCC(CC)O[C@@H]1C=C(C(=O)O)C[C@H](NP(=O)(OC)OC)[C@H]1NC(C)=O. The van der Waals surface area contributed by atoms with Gasteiger partial charge in [-0.2, -0.15) is 0 Å². The van der Waals surface area contributed by atoms with E-state index in [1.807, 2.05) is 13.8 Å². The summed E-state index contributed by atoms with van der Waals surface area (Å²) in [6.07, 6.45) is 2.22. The van der Waals surface area contributed by atoms with E-state index in [4.69, 9.17) is 13.8 Å². The number of carboxylic acid groups (broad SMARTS) is 1. The minimum Gasteiger partial charge on any atom is -0.478 e. The second kappa shape index (κ2) is 10.2. The third-order valence-electron chi connectivity index (χ3n) is 4.30. The van der Waals surface area contributed by atoms with E-state index in [0.29, 0.717) is 0 Å². The molecule has 0 saturated heterocycles. The summed E-state index contributed by atoms with van der Waals surface area (Å²) in [6.45, 7) is 5.28. The van der Waals surface area contributed by atoms with E-state index in [1.165, 1.54) is 27.2 Å². The molecule has 0 spiro atoms. The predicted octanol–water partition coefficient (Wildman–Crippen LogP) is 1.84. The highest BCUT2D eigenvalue weighted by Gasteiger charge is 2.41. The van der Waals surface area contributed by atoms with Crippen LogP contribution in [-0.2, 0) is 27.9 Å². The minimum atomic E-state index is -3.64. The molecule has 0 aromatic carbocycles. The highest BCUT2D eigenvalue weighted by Crippen LogP contribution is 2.43. The van der Waals surface area contributed by atoms with Crippen LogP contribution in [0.4, 0.5) is 0 Å². The summed E-state index contributed by atoms with van der Waals surface area (Å²) in [6, 6.07) is -1.34. The molecule has 0 aliphatic heterocycles. The fourth-order valence-corrected chi connectivity index (χ4v) is 3.89. The van der Waals surface area contributed by atoms with E-state index in [-0.39, 0.29) is 24.0 Å². The number of nitrogens with one attached hydrogen (secondary N) is 2. The van der Waals surface area contributed by atoms with Crippen LogP contribution in [0.2, 0.25) is 0 Å². The number of carboxylic acids is 1. The number of carbonyl (C=O) groups is 2. The molecule has 0 bridgehead atoms. The Morgan fingerprint density at radius 1 is 1.31 bits per heavy atom. The van der Waals surface area contributed by atoms with Crippen LogP contribution in [0, 0.1) is 0 Å². The van der Waals surface area contributed by atoms with Crippen molar-refractivity contribution in [2.24, 2.45) is 0 Å². The van der Waals surface area contributed by atoms with Gasteiger partial charge in [-0.1, -0.05) is 13.8 Å². The van der Waals surface area contributed by atoms with E-state index in [2.05, 4.69) is 10.4 Å². The first kappa shape index (κ1) is 22.8. The zero-order chi connectivity index (χ0) is 19.9. The number of amides is 1. The molecule has 3 N–H and O–H groups in total. The van der Waals surface area contributed by atoms with Crippen LogP contribution in [0.3, 0.4) is 0 Å². The molecule has 9 nitrogen and oxygen atoms in total. The fraction of sp³-hybridized carbons (Fsp3) is 0.750. The van der Waals surface area contributed by atoms with Crippen LogP contribution < -0.4 is 10.4 Å². The number of carbonyl (C=O) groups excluding carboxylic acids is 1. The number of ether oxygens (including phenoxy) is 1. The molecule has 1 rings (SSSR count). The fourth-order valence-electron chi connectivity index (χ4n) is 2.88. The molecule has 1 aliphatic rings. The Labute approximate surface area is 154 Å². The average Bonchev–Trinajstić information content (AvgIpc) is 2.60. The molecule has 0 fully saturated rings. The van der Waals surface area contributed by atoms with Gasteiger partial charge in [-0.3, -0.25) is 4.79 Å². The van der Waals surface area contributed by atoms with Gasteiger partial charge >= 0.3 is 13.7 Å². The van der Waals surface area contributed by atoms with Crippen molar-refractivity contribution >= 4 is 19.6 Å². The Bertz CT molecular complexity index is 569. The summed E-state index contributed by atoms with van der Waals surface area (Å²) < 4.78 is 28.3. The van der Waals surface area contributed by atoms with Crippen molar-refractivity contribution in [1.29, 1.82) is 0 Å². The molecule has 0 radical (unpaired) electrons. The van der Waals surface area contributed by atoms with Gasteiger partial charge in [-0.25, -0.2) is 14.4 Å². The Morgan fingerprint density at radius 2 is 1.88 bits per heavy atom. The lowest BCUT2D eigenvalue weighted by atomic mass is 9.88. The molecule has 0 heterocycles. The maximum absolute atomic E-state index is 12.5. The van der Waals surface area contributed by atoms with Gasteiger partial charge in [0.2, 0.25) is 5.91 Å². The lowest BCUT2D eigenvalue weighted by Crippen LogP contribution is -2.58. The second-order valence-electron chi connectivity index (χ2n) is 6.06. The van der Waals surface area contributed by atoms with Crippen molar-refractivity contribution in [2.45, 2.75) is 64.3 Å². The summed E-state index contributed by atoms with van der Waals surface area (Å²) >= 11 is 0. The smallest absolute Gasteiger partial charge is 0.405 e. The van der Waals surface area contributed by atoms with Crippen molar-refractivity contribution in [3.8, 4) is 0 Å². The third-order valence-corrected chi connectivity index (χ3v) is 5.91. The second-order valence-corrected chi connectivity index (χ2v) is 8.05. The van der Waals surface area contributed by atoms with Crippen LogP contribution in [0.5, 0.6) is 0 Å². The van der Waals surface area contributed by atoms with E-state index in [0.717, 1.165) is 12.8 Å². The monoisotopic (exact) mass is 392 g/mol. The number of hydrogen-bond donors (Lipinski definition) is 3. The molecular weight excluding hydrogens is 363 g/mol. The highest BCUT2D eigenvalue weighted by atomic mass is 31.2. The quantitative estimate of drug-likeness (QED) is 0.481. The molecule has 1 aliphatic carbocycles. The van der Waals surface area contributed by atoms with E-state index < -0.39 is 31.9 Å². The molecule has 1 amide bonds. The lowest BCUT2D eigenvalue weighted by molar-refractivity contribution is -0.133. The van der Waals surface area contributed by atoms with Crippen molar-refractivity contribution in [2.75, 3.05) is 14.2 Å². The first-order valence-electron chi connectivity index (χ1n) is 8.55. The van der Waals surface area contributed by atoms with Gasteiger partial charge < -0.3 is 24.2 Å². The van der Waals surface area contributed by atoms with Gasteiger partial charge in [0.25, 0.3) is 0 Å². The molecular formula is C16H29N2O7P. The van der Waals surface area contributed by atoms with Crippen molar-refractivity contribution in [3.05, 3.63) is 11.6 Å². The van der Waals surface area contributed by atoms with Crippen molar-refractivity contribution in [3.63, 3.8) is 0 Å². The maximum Gasteiger partial charge on any atom is 0.405 e. The molecule has 3 atom stereocenters. The minimum absolute atomic E-state index is 0.0275. The van der Waals surface area contributed by atoms with Crippen molar-refractivity contribution in [1.82, 2.24) is 10.4 Å². The number of hydrogen-bond acceptors (Lipinski definition) is 6. The van der Waals surface area contributed by atoms with E-state index in [9.17, 15) is 19.3 Å². The van der Waals surface area contributed by atoms with Gasteiger partial charge in [-0.15, -0.1) is 0 Å². The van der Waals surface area contributed by atoms with Gasteiger partial charge in [0.05, 0.1) is 18.2 Å². The predicted molar refractivity (Wildman–Crippen MR) is 95.7 cm³/mol. The van der Waals surface area contributed by atoms with Gasteiger partial charge in [0.1, 0.15) is 0 Å². The van der Waals surface area contributed by atoms with E-state index in [1.54, 1.807) is 0 Å². The molecule has 0 unspecified atom stereocenters. The van der Waals surface area contributed by atoms with E-state index >= 15 is 0 Å². The third kappa shape index (κ3) is 6.17. The van der Waals surface area contributed by atoms with Crippen LogP contribution in [0.25, 0.3) is 0 Å². The maximum atomic E-state index is 12.5. The molecule has 0 aromatic rings. The summed E-state index contributed by atoms with van der Waals surface area (Å²) in [5.41, 5.74) is 0.110. The Kier molecular flexibility index (Phi) is 8.92. The summed E-state index contributed by atoms with van der Waals surface area (Å²) in [5, 5.41) is 14.9. The number of rotatable bonds is 10. The van der Waals surface area contributed by atoms with Gasteiger partial charge in [-0.05, 0) is 25.3 Å². The molecule has 0 saturated carbocycles. The van der Waals surface area contributed by atoms with Crippen LogP contribution in [-0.4, -0.2) is 55.5 Å². The van der Waals surface area contributed by atoms with Gasteiger partial charge in [0.15, 0.2) is 0 Å². The zero-order valence-corrected chi connectivity index (χ0v) is 16.7. The van der Waals surface area contributed by atoms with Crippen molar-refractivity contribution < 1.29 is 33.0 Å². The first-order chi connectivity index (χ1) is 12.2. The molecule has 10 heteroatoms. The highest BCUT2D eigenvalue weighted by molar-refractivity contribution is 7.51. The van der Waals surface area contributed by atoms with Crippen LogP contribution >= 0.6 is 7.75 Å². The lowest BCUT2D eigenvalue weighted by Gasteiger charge is -2.39. The molecule has 0 aromatic heterocycles. The normalized spacial score (nSPS) is 23.6. The first-order valence-corrected chi connectivity index (χ1v) is 10.1. The Hall–Kier alpha value is -1.25. The Morgan fingerprint density at radius 3 is 2.31 bits per heavy atom. The zero-order valence-electron chi connectivity index (χ0n) is 15.9. The summed E-state index contributed by atoms with van der Waals surface area (Å²) in [7, 11) is -1.20. The average molecular weight is 392 g/mol. The van der Waals surface area contributed by atoms with Crippen LogP contribution in [0.1, 0.15) is 40.0 Å². The number of aliphatic carboxylic acids is 1. The summed E-state index contributed by atoms with van der Waals surface area (Å²) in [4.78, 5) is 23.2. The molecule has 150 valence electrons.